The van der Waals surface area contributed by atoms with Gasteiger partial charge in [0.1, 0.15) is 5.82 Å². The van der Waals surface area contributed by atoms with Gasteiger partial charge in [-0.05, 0) is 26.1 Å². The van der Waals surface area contributed by atoms with E-state index in [9.17, 15) is 9.59 Å². The van der Waals surface area contributed by atoms with Gasteiger partial charge in [0, 0.05) is 6.42 Å². The Kier molecular flexibility index (Phi) is 6.51. The third-order valence-corrected chi connectivity index (χ3v) is 1.77. The predicted octanol–water partition coefficient (Wildman–Crippen LogP) is 1.48. The van der Waals surface area contributed by atoms with Gasteiger partial charge in [-0.1, -0.05) is 13.0 Å². The van der Waals surface area contributed by atoms with Crippen molar-refractivity contribution in [2.75, 3.05) is 0 Å². The van der Waals surface area contributed by atoms with Gasteiger partial charge >= 0.3 is 5.97 Å². The van der Waals surface area contributed by atoms with E-state index in [1.807, 2.05) is 6.92 Å². The summed E-state index contributed by atoms with van der Waals surface area (Å²) in [5.41, 5.74) is 0.0548. The molecule has 0 aromatic heterocycles. The third-order valence-electron chi connectivity index (χ3n) is 1.77. The number of hydrogen-bond donors (Lipinski definition) is 2. The SMILES string of the molecule is C=N/C(=C\C(=C/C)C(=O)O)NC(=O)CCC. The average Bonchev–Trinajstić information content (AvgIpc) is 2.23. The lowest BCUT2D eigenvalue weighted by atomic mass is 10.2. The fourth-order valence-electron chi connectivity index (χ4n) is 0.970. The molecule has 0 aromatic rings. The molecule has 0 saturated carbocycles. The van der Waals surface area contributed by atoms with Gasteiger partial charge in [-0.15, -0.1) is 0 Å². The third kappa shape index (κ3) is 5.09. The van der Waals surface area contributed by atoms with Crippen LogP contribution in [-0.4, -0.2) is 23.7 Å². The quantitative estimate of drug-likeness (QED) is 0.407. The molecule has 5 heteroatoms. The largest absolute Gasteiger partial charge is 0.478 e. The van der Waals surface area contributed by atoms with E-state index in [-0.39, 0.29) is 17.3 Å². The standard InChI is InChI=1S/C11H16N2O3/c1-4-6-10(14)13-9(12-3)7-8(5-2)11(15)16/h5,7H,3-4,6H2,1-2H3,(H,13,14)(H,15,16)/b8-5+,9-7+. The first-order valence-corrected chi connectivity index (χ1v) is 4.93. The van der Waals surface area contributed by atoms with Crippen molar-refractivity contribution in [3.05, 3.63) is 23.5 Å². The Bertz CT molecular complexity index is 343. The van der Waals surface area contributed by atoms with Crippen LogP contribution in [0, 0.1) is 0 Å². The summed E-state index contributed by atoms with van der Waals surface area (Å²) in [6.45, 7) is 6.73. The molecule has 0 rings (SSSR count). The lowest BCUT2D eigenvalue weighted by Crippen LogP contribution is -2.21. The number of carbonyl (C=O) groups is 2. The minimum Gasteiger partial charge on any atom is -0.478 e. The maximum Gasteiger partial charge on any atom is 0.335 e. The number of carbonyl (C=O) groups excluding carboxylic acids is 1. The lowest BCUT2D eigenvalue weighted by Gasteiger charge is -2.04. The van der Waals surface area contributed by atoms with Crippen LogP contribution >= 0.6 is 0 Å². The number of allylic oxidation sites excluding steroid dienone is 1. The number of carboxylic acids is 1. The molecule has 0 saturated heterocycles. The first kappa shape index (κ1) is 14.1. The van der Waals surface area contributed by atoms with Gasteiger partial charge in [0.05, 0.1) is 5.57 Å². The van der Waals surface area contributed by atoms with Crippen molar-refractivity contribution in [2.24, 2.45) is 4.99 Å². The molecule has 0 aliphatic rings. The number of rotatable bonds is 6. The molecule has 0 heterocycles. The van der Waals surface area contributed by atoms with Crippen LogP contribution in [-0.2, 0) is 9.59 Å². The zero-order valence-corrected chi connectivity index (χ0v) is 9.49. The molecule has 0 aromatic carbocycles. The van der Waals surface area contributed by atoms with Crippen molar-refractivity contribution < 1.29 is 14.7 Å². The normalized spacial score (nSPS) is 12.1. The molecule has 16 heavy (non-hydrogen) atoms. The highest BCUT2D eigenvalue weighted by molar-refractivity contribution is 5.90. The first-order chi connectivity index (χ1) is 7.54. The molecular weight excluding hydrogens is 208 g/mol. The maximum absolute atomic E-state index is 11.2. The highest BCUT2D eigenvalue weighted by atomic mass is 16.4. The van der Waals surface area contributed by atoms with Crippen LogP contribution in [0.4, 0.5) is 0 Å². The van der Waals surface area contributed by atoms with Gasteiger partial charge in [-0.2, -0.15) is 0 Å². The maximum atomic E-state index is 11.2. The lowest BCUT2D eigenvalue weighted by molar-refractivity contribution is -0.132. The van der Waals surface area contributed by atoms with Gasteiger partial charge in [0.2, 0.25) is 5.91 Å². The zero-order valence-electron chi connectivity index (χ0n) is 9.49. The fraction of sp³-hybridized carbons (Fsp3) is 0.364. The van der Waals surface area contributed by atoms with Crippen LogP contribution in [0.3, 0.4) is 0 Å². The van der Waals surface area contributed by atoms with E-state index in [1.54, 1.807) is 6.92 Å². The van der Waals surface area contributed by atoms with Crippen LogP contribution in [0.5, 0.6) is 0 Å². The van der Waals surface area contributed by atoms with Crippen LogP contribution in [0.2, 0.25) is 0 Å². The van der Waals surface area contributed by atoms with Crippen molar-refractivity contribution in [1.82, 2.24) is 5.32 Å². The van der Waals surface area contributed by atoms with E-state index in [1.165, 1.54) is 12.2 Å². The molecule has 88 valence electrons. The molecule has 0 unspecified atom stereocenters. The van der Waals surface area contributed by atoms with Crippen molar-refractivity contribution in [3.8, 4) is 0 Å². The Morgan fingerprint density at radius 1 is 1.50 bits per heavy atom. The molecule has 0 spiro atoms. The Balaban J connectivity index is 4.72. The van der Waals surface area contributed by atoms with E-state index in [0.717, 1.165) is 0 Å². The van der Waals surface area contributed by atoms with Crippen molar-refractivity contribution in [2.45, 2.75) is 26.7 Å². The molecule has 0 bridgehead atoms. The summed E-state index contributed by atoms with van der Waals surface area (Å²) >= 11 is 0. The Labute approximate surface area is 94.6 Å². The van der Waals surface area contributed by atoms with Crippen LogP contribution in [0.1, 0.15) is 26.7 Å². The molecule has 0 atom stereocenters. The monoisotopic (exact) mass is 224 g/mol. The summed E-state index contributed by atoms with van der Waals surface area (Å²) in [5, 5.41) is 11.2. The van der Waals surface area contributed by atoms with Crippen molar-refractivity contribution in [3.63, 3.8) is 0 Å². The molecule has 2 N–H and O–H groups in total. The summed E-state index contributed by atoms with van der Waals surface area (Å²) in [5.74, 6) is -1.13. The second-order valence-corrected chi connectivity index (χ2v) is 3.04. The summed E-state index contributed by atoms with van der Waals surface area (Å²) in [7, 11) is 0. The van der Waals surface area contributed by atoms with Gasteiger partial charge in [-0.3, -0.25) is 4.79 Å². The topological polar surface area (TPSA) is 78.8 Å². The van der Waals surface area contributed by atoms with Crippen LogP contribution < -0.4 is 5.32 Å². The molecule has 0 aliphatic heterocycles. The highest BCUT2D eigenvalue weighted by Gasteiger charge is 2.06. The molecule has 0 fully saturated rings. The van der Waals surface area contributed by atoms with Gasteiger partial charge in [-0.25, -0.2) is 9.79 Å². The summed E-state index contributed by atoms with van der Waals surface area (Å²) < 4.78 is 0. The van der Waals surface area contributed by atoms with Gasteiger partial charge in [0.25, 0.3) is 0 Å². The van der Waals surface area contributed by atoms with Crippen molar-refractivity contribution in [1.29, 1.82) is 0 Å². The molecule has 5 nitrogen and oxygen atoms in total. The van der Waals surface area contributed by atoms with Crippen LogP contribution in [0.15, 0.2) is 28.5 Å². The average molecular weight is 224 g/mol. The zero-order chi connectivity index (χ0) is 12.6. The van der Waals surface area contributed by atoms with E-state index in [4.69, 9.17) is 5.11 Å². The predicted molar refractivity (Wildman–Crippen MR) is 62.1 cm³/mol. The number of nitrogens with zero attached hydrogens (tertiary/aromatic N) is 1. The number of amides is 1. The smallest absolute Gasteiger partial charge is 0.335 e. The summed E-state index contributed by atoms with van der Waals surface area (Å²) in [6, 6.07) is 0. The van der Waals surface area contributed by atoms with E-state index in [0.29, 0.717) is 12.8 Å². The fourth-order valence-corrected chi connectivity index (χ4v) is 0.970. The number of aliphatic carboxylic acids is 1. The number of nitrogens with one attached hydrogen (secondary N) is 1. The first-order valence-electron chi connectivity index (χ1n) is 4.93. The van der Waals surface area contributed by atoms with E-state index < -0.39 is 5.97 Å². The molecule has 1 amide bonds. The molecular formula is C11H16N2O3. The summed E-state index contributed by atoms with van der Waals surface area (Å²) in [6.07, 6.45) is 3.76. The van der Waals surface area contributed by atoms with Gasteiger partial charge in [0.15, 0.2) is 0 Å². The number of aliphatic imine (C=N–C) groups is 1. The number of carboxylic acid groups (broad SMARTS) is 1. The highest BCUT2D eigenvalue weighted by Crippen LogP contribution is 2.02. The van der Waals surface area contributed by atoms with Crippen LogP contribution in [0.25, 0.3) is 0 Å². The summed E-state index contributed by atoms with van der Waals surface area (Å²) in [4.78, 5) is 25.5. The van der Waals surface area contributed by atoms with E-state index in [2.05, 4.69) is 17.0 Å². The Hall–Kier alpha value is -1.91. The second kappa shape index (κ2) is 7.39. The Morgan fingerprint density at radius 3 is 2.50 bits per heavy atom. The van der Waals surface area contributed by atoms with Gasteiger partial charge < -0.3 is 10.4 Å². The minimum atomic E-state index is -1.08. The Morgan fingerprint density at radius 2 is 2.12 bits per heavy atom. The minimum absolute atomic E-state index is 0.0548. The van der Waals surface area contributed by atoms with E-state index >= 15 is 0 Å². The number of hydrogen-bond acceptors (Lipinski definition) is 3. The molecule has 0 aliphatic carbocycles. The van der Waals surface area contributed by atoms with Crippen molar-refractivity contribution >= 4 is 18.6 Å². The molecule has 0 radical (unpaired) electrons. The second-order valence-electron chi connectivity index (χ2n) is 3.04.